The van der Waals surface area contributed by atoms with Gasteiger partial charge >= 0.3 is 0 Å². The second-order valence-corrected chi connectivity index (χ2v) is 8.35. The van der Waals surface area contributed by atoms with Gasteiger partial charge in [-0.05, 0) is 47.5 Å². The van der Waals surface area contributed by atoms with Crippen LogP contribution in [-0.4, -0.2) is 19.8 Å². The second kappa shape index (κ2) is 7.26. The molecule has 0 radical (unpaired) electrons. The number of nitrogens with zero attached hydrogens (tertiary/aromatic N) is 1. The van der Waals surface area contributed by atoms with E-state index in [9.17, 15) is 12.8 Å². The van der Waals surface area contributed by atoms with Gasteiger partial charge in [-0.2, -0.15) is 4.31 Å². The summed E-state index contributed by atoms with van der Waals surface area (Å²) < 4.78 is 46.7. The van der Waals surface area contributed by atoms with Gasteiger partial charge < -0.3 is 10.1 Å². The highest BCUT2D eigenvalue weighted by Crippen LogP contribution is 2.39. The molecule has 28 heavy (non-hydrogen) atoms. The molecule has 0 bridgehead atoms. The molecule has 0 aromatic heterocycles. The molecule has 1 N–H and O–H groups in total. The maximum absolute atomic E-state index is 13.4. The first kappa shape index (κ1) is 18.5. The summed E-state index contributed by atoms with van der Waals surface area (Å²) in [7, 11) is -2.18. The zero-order valence-corrected chi connectivity index (χ0v) is 16.0. The van der Waals surface area contributed by atoms with Gasteiger partial charge in [-0.15, -0.1) is 0 Å². The third-order valence-electron chi connectivity index (χ3n) is 4.74. The van der Waals surface area contributed by atoms with Crippen molar-refractivity contribution in [1.29, 1.82) is 0 Å². The number of rotatable bonds is 4. The van der Waals surface area contributed by atoms with Crippen LogP contribution in [0.1, 0.15) is 17.3 Å². The fourth-order valence-corrected chi connectivity index (χ4v) is 4.96. The van der Waals surface area contributed by atoms with E-state index in [0.29, 0.717) is 17.0 Å². The van der Waals surface area contributed by atoms with Gasteiger partial charge in [-0.25, -0.2) is 12.8 Å². The van der Waals surface area contributed by atoms with Crippen LogP contribution in [0.15, 0.2) is 77.7 Å². The lowest BCUT2D eigenvalue weighted by Crippen LogP contribution is -2.42. The fourth-order valence-electron chi connectivity index (χ4n) is 3.28. The SMILES string of the molecule is COc1ccc(CN2C(c3ccc(F)cc3)Nc3ccccc3S2(=O)=O)cc1. The van der Waals surface area contributed by atoms with E-state index in [1.54, 1.807) is 55.6 Å². The molecular weight excluding hydrogens is 379 g/mol. The molecule has 1 aliphatic heterocycles. The highest BCUT2D eigenvalue weighted by molar-refractivity contribution is 7.89. The van der Waals surface area contributed by atoms with Gasteiger partial charge in [-0.3, -0.25) is 0 Å². The summed E-state index contributed by atoms with van der Waals surface area (Å²) in [6.07, 6.45) is -0.650. The molecule has 0 spiro atoms. The van der Waals surface area contributed by atoms with Crippen LogP contribution in [0.4, 0.5) is 10.1 Å². The van der Waals surface area contributed by atoms with Gasteiger partial charge in [0.1, 0.15) is 22.6 Å². The Labute approximate surface area is 163 Å². The molecule has 1 heterocycles. The van der Waals surface area contributed by atoms with Crippen molar-refractivity contribution < 1.29 is 17.5 Å². The van der Waals surface area contributed by atoms with E-state index in [4.69, 9.17) is 4.74 Å². The van der Waals surface area contributed by atoms with Gasteiger partial charge in [-0.1, -0.05) is 36.4 Å². The zero-order valence-electron chi connectivity index (χ0n) is 15.2. The molecule has 0 aliphatic carbocycles. The summed E-state index contributed by atoms with van der Waals surface area (Å²) in [6.45, 7) is 0.162. The average Bonchev–Trinajstić information content (AvgIpc) is 2.71. The highest BCUT2D eigenvalue weighted by Gasteiger charge is 2.38. The van der Waals surface area contributed by atoms with Crippen LogP contribution in [0, 0.1) is 5.82 Å². The van der Waals surface area contributed by atoms with E-state index in [-0.39, 0.29) is 17.3 Å². The van der Waals surface area contributed by atoms with Crippen molar-refractivity contribution in [2.75, 3.05) is 12.4 Å². The van der Waals surface area contributed by atoms with E-state index in [1.165, 1.54) is 16.4 Å². The maximum Gasteiger partial charge on any atom is 0.247 e. The highest BCUT2D eigenvalue weighted by atomic mass is 32.2. The van der Waals surface area contributed by atoms with Crippen molar-refractivity contribution in [3.63, 3.8) is 0 Å². The minimum atomic E-state index is -3.76. The van der Waals surface area contributed by atoms with Crippen molar-refractivity contribution in [1.82, 2.24) is 4.31 Å². The zero-order chi connectivity index (χ0) is 19.7. The topological polar surface area (TPSA) is 58.6 Å². The van der Waals surface area contributed by atoms with Gasteiger partial charge in [0.2, 0.25) is 10.0 Å². The average molecular weight is 398 g/mol. The first-order chi connectivity index (χ1) is 13.5. The van der Waals surface area contributed by atoms with Gasteiger partial charge in [0.25, 0.3) is 0 Å². The van der Waals surface area contributed by atoms with Crippen molar-refractivity contribution >= 4 is 15.7 Å². The molecule has 1 atom stereocenters. The van der Waals surface area contributed by atoms with E-state index >= 15 is 0 Å². The van der Waals surface area contributed by atoms with E-state index in [2.05, 4.69) is 5.32 Å². The number of hydrogen-bond acceptors (Lipinski definition) is 4. The number of methoxy groups -OCH3 is 1. The van der Waals surface area contributed by atoms with Crippen LogP contribution >= 0.6 is 0 Å². The third-order valence-corrected chi connectivity index (χ3v) is 6.61. The molecule has 5 nitrogen and oxygen atoms in total. The molecule has 144 valence electrons. The number of benzene rings is 3. The second-order valence-electron chi connectivity index (χ2n) is 6.49. The molecule has 4 rings (SSSR count). The minimum absolute atomic E-state index is 0.162. The molecule has 1 unspecified atom stereocenters. The summed E-state index contributed by atoms with van der Waals surface area (Å²) in [5.74, 6) is 0.327. The lowest BCUT2D eigenvalue weighted by Gasteiger charge is -2.37. The molecule has 1 aliphatic rings. The minimum Gasteiger partial charge on any atom is -0.497 e. The van der Waals surface area contributed by atoms with Crippen LogP contribution in [0.5, 0.6) is 5.75 Å². The molecule has 3 aromatic carbocycles. The number of halogens is 1. The quantitative estimate of drug-likeness (QED) is 0.717. The van der Waals surface area contributed by atoms with Gasteiger partial charge in [0.15, 0.2) is 0 Å². The lowest BCUT2D eigenvalue weighted by atomic mass is 10.1. The summed E-state index contributed by atoms with van der Waals surface area (Å²) in [4.78, 5) is 0.224. The van der Waals surface area contributed by atoms with Crippen LogP contribution in [-0.2, 0) is 16.6 Å². The van der Waals surface area contributed by atoms with Crippen molar-refractivity contribution in [2.24, 2.45) is 0 Å². The number of hydrogen-bond donors (Lipinski definition) is 1. The van der Waals surface area contributed by atoms with Crippen LogP contribution in [0.3, 0.4) is 0 Å². The Bertz CT molecular complexity index is 1080. The smallest absolute Gasteiger partial charge is 0.247 e. The first-order valence-corrected chi connectivity index (χ1v) is 10.2. The van der Waals surface area contributed by atoms with Gasteiger partial charge in [0, 0.05) is 6.54 Å². The molecule has 0 fully saturated rings. The number of ether oxygens (including phenoxy) is 1. The predicted octanol–water partition coefficient (Wildman–Crippen LogP) is 4.15. The third kappa shape index (κ3) is 3.34. The number of sulfonamides is 1. The number of para-hydroxylation sites is 1. The summed E-state index contributed by atoms with van der Waals surface area (Å²) >= 11 is 0. The fraction of sp³-hybridized carbons (Fsp3) is 0.143. The normalized spacial score (nSPS) is 18.1. The standard InChI is InChI=1S/C21H19FN2O3S/c1-27-18-12-6-15(7-13-18)14-24-21(16-8-10-17(22)11-9-16)23-19-4-2-3-5-20(19)28(24,25)26/h2-13,21,23H,14H2,1H3. The monoisotopic (exact) mass is 398 g/mol. The molecule has 0 saturated carbocycles. The van der Waals surface area contributed by atoms with Gasteiger partial charge in [0.05, 0.1) is 12.8 Å². The molecule has 3 aromatic rings. The van der Waals surface area contributed by atoms with Crippen molar-refractivity contribution in [3.05, 3.63) is 89.7 Å². The Morgan fingerprint density at radius 3 is 2.36 bits per heavy atom. The molecular formula is C21H19FN2O3S. The lowest BCUT2D eigenvalue weighted by molar-refractivity contribution is 0.336. The van der Waals surface area contributed by atoms with Crippen molar-refractivity contribution in [3.8, 4) is 5.75 Å². The Morgan fingerprint density at radius 1 is 1.00 bits per heavy atom. The summed E-state index contributed by atoms with van der Waals surface area (Å²) in [5, 5.41) is 3.28. The Balaban J connectivity index is 1.78. The Kier molecular flexibility index (Phi) is 4.78. The predicted molar refractivity (Wildman–Crippen MR) is 105 cm³/mol. The van der Waals surface area contributed by atoms with Crippen molar-refractivity contribution in [2.45, 2.75) is 17.6 Å². The molecule has 0 saturated heterocycles. The summed E-state index contributed by atoms with van der Waals surface area (Å²) in [6, 6.07) is 19.9. The van der Waals surface area contributed by atoms with Crippen LogP contribution in [0.2, 0.25) is 0 Å². The van der Waals surface area contributed by atoms with E-state index in [1.807, 2.05) is 12.1 Å². The molecule has 0 amide bonds. The Hall–Kier alpha value is -2.90. The van der Waals surface area contributed by atoms with Crippen LogP contribution < -0.4 is 10.1 Å². The summed E-state index contributed by atoms with van der Waals surface area (Å²) in [5.41, 5.74) is 2.01. The Morgan fingerprint density at radius 2 is 1.68 bits per heavy atom. The van der Waals surface area contributed by atoms with Crippen LogP contribution in [0.25, 0.3) is 0 Å². The number of nitrogens with one attached hydrogen (secondary N) is 1. The maximum atomic E-state index is 13.4. The van der Waals surface area contributed by atoms with E-state index < -0.39 is 16.2 Å². The van der Waals surface area contributed by atoms with E-state index in [0.717, 1.165) is 5.56 Å². The number of fused-ring (bicyclic) bond motifs is 1. The largest absolute Gasteiger partial charge is 0.497 e. The number of anilines is 1. The first-order valence-electron chi connectivity index (χ1n) is 8.75. The molecule has 7 heteroatoms.